The summed E-state index contributed by atoms with van der Waals surface area (Å²) in [6.45, 7) is 1.96. The van der Waals surface area contributed by atoms with Crippen LogP contribution < -0.4 is 10.5 Å². The van der Waals surface area contributed by atoms with Gasteiger partial charge in [-0.25, -0.2) is 0 Å². The van der Waals surface area contributed by atoms with Gasteiger partial charge in [-0.3, -0.25) is 0 Å². The maximum absolute atomic E-state index is 5.82. The van der Waals surface area contributed by atoms with Gasteiger partial charge in [0.25, 0.3) is 0 Å². The van der Waals surface area contributed by atoms with Crippen molar-refractivity contribution >= 4 is 16.6 Å². The molecular weight excluding hydrogens is 164 g/mol. The van der Waals surface area contributed by atoms with E-state index in [1.54, 1.807) is 7.11 Å². The number of rotatable bonds is 1. The summed E-state index contributed by atoms with van der Waals surface area (Å²) >= 11 is 0. The highest BCUT2D eigenvalue weighted by atomic mass is 16.5. The molecule has 0 saturated heterocycles. The topological polar surface area (TPSA) is 51.0 Å². The van der Waals surface area contributed by atoms with Crippen molar-refractivity contribution in [3.05, 3.63) is 23.9 Å². The van der Waals surface area contributed by atoms with E-state index in [4.69, 9.17) is 10.5 Å². The number of benzene rings is 1. The molecule has 0 aliphatic carbocycles. The maximum atomic E-state index is 5.82. The van der Waals surface area contributed by atoms with Gasteiger partial charge < -0.3 is 15.5 Å². The van der Waals surface area contributed by atoms with E-state index >= 15 is 0 Å². The molecule has 0 amide bonds. The number of hydrogen-bond donors (Lipinski definition) is 2. The van der Waals surface area contributed by atoms with E-state index < -0.39 is 0 Å². The van der Waals surface area contributed by atoms with Crippen molar-refractivity contribution < 1.29 is 4.74 Å². The largest absolute Gasteiger partial charge is 0.496 e. The van der Waals surface area contributed by atoms with E-state index in [1.165, 1.54) is 0 Å². The van der Waals surface area contributed by atoms with E-state index in [2.05, 4.69) is 4.98 Å². The lowest BCUT2D eigenvalue weighted by molar-refractivity contribution is 0.417. The molecule has 68 valence electrons. The van der Waals surface area contributed by atoms with Crippen LogP contribution in [-0.2, 0) is 0 Å². The predicted octanol–water partition coefficient (Wildman–Crippen LogP) is 2.07. The molecule has 0 radical (unpaired) electrons. The molecule has 0 bridgehead atoms. The summed E-state index contributed by atoms with van der Waals surface area (Å²) in [6, 6.07) is 3.91. The molecule has 13 heavy (non-hydrogen) atoms. The highest BCUT2D eigenvalue weighted by Crippen LogP contribution is 2.32. The number of nitrogens with one attached hydrogen (secondary N) is 1. The first-order valence-corrected chi connectivity index (χ1v) is 4.14. The summed E-state index contributed by atoms with van der Waals surface area (Å²) in [5.74, 6) is 0.858. The molecule has 3 heteroatoms. The average molecular weight is 176 g/mol. The molecular formula is C10H12N2O. The first kappa shape index (κ1) is 7.98. The molecule has 1 aromatic carbocycles. The Kier molecular flexibility index (Phi) is 1.65. The number of anilines is 1. The van der Waals surface area contributed by atoms with Gasteiger partial charge in [-0.2, -0.15) is 0 Å². The predicted molar refractivity (Wildman–Crippen MR) is 54.0 cm³/mol. The van der Waals surface area contributed by atoms with Gasteiger partial charge in [-0.05, 0) is 19.1 Å². The van der Waals surface area contributed by atoms with Crippen LogP contribution in [0.2, 0.25) is 0 Å². The zero-order valence-corrected chi connectivity index (χ0v) is 7.72. The maximum Gasteiger partial charge on any atom is 0.133 e. The lowest BCUT2D eigenvalue weighted by Gasteiger charge is -2.08. The van der Waals surface area contributed by atoms with Crippen molar-refractivity contribution in [3.8, 4) is 5.75 Å². The smallest absolute Gasteiger partial charge is 0.133 e. The Bertz CT molecular complexity index is 445. The first-order valence-electron chi connectivity index (χ1n) is 4.14. The quantitative estimate of drug-likeness (QED) is 0.653. The number of H-pyrrole nitrogens is 1. The van der Waals surface area contributed by atoms with Crippen molar-refractivity contribution in [3.63, 3.8) is 0 Å². The number of aromatic amines is 1. The highest BCUT2D eigenvalue weighted by molar-refractivity contribution is 5.90. The molecule has 3 nitrogen and oxygen atoms in total. The fourth-order valence-electron chi connectivity index (χ4n) is 1.56. The second-order valence-corrected chi connectivity index (χ2v) is 3.06. The molecule has 0 saturated carbocycles. The number of nitrogens with two attached hydrogens (primary N) is 1. The second kappa shape index (κ2) is 2.69. The summed E-state index contributed by atoms with van der Waals surface area (Å²) in [7, 11) is 1.66. The van der Waals surface area contributed by atoms with E-state index in [0.717, 1.165) is 27.9 Å². The SMILES string of the molecule is COc1c(C)c(N)cc2[nH]ccc12. The number of fused-ring (bicyclic) bond motifs is 1. The van der Waals surface area contributed by atoms with Crippen LogP contribution >= 0.6 is 0 Å². The normalized spacial score (nSPS) is 10.6. The summed E-state index contributed by atoms with van der Waals surface area (Å²) in [6.07, 6.45) is 1.88. The van der Waals surface area contributed by atoms with Crippen molar-refractivity contribution in [2.45, 2.75) is 6.92 Å². The van der Waals surface area contributed by atoms with Crippen molar-refractivity contribution in [1.29, 1.82) is 0 Å². The third-order valence-electron chi connectivity index (χ3n) is 2.30. The van der Waals surface area contributed by atoms with Gasteiger partial charge in [0.05, 0.1) is 12.6 Å². The summed E-state index contributed by atoms with van der Waals surface area (Å²) < 4.78 is 5.30. The Morgan fingerprint density at radius 1 is 1.46 bits per heavy atom. The van der Waals surface area contributed by atoms with Gasteiger partial charge in [0.2, 0.25) is 0 Å². The first-order chi connectivity index (χ1) is 6.24. The van der Waals surface area contributed by atoms with Gasteiger partial charge in [0.15, 0.2) is 0 Å². The van der Waals surface area contributed by atoms with Gasteiger partial charge in [-0.1, -0.05) is 0 Å². The average Bonchev–Trinajstić information content (AvgIpc) is 2.54. The number of methoxy groups -OCH3 is 1. The lowest BCUT2D eigenvalue weighted by atomic mass is 10.1. The summed E-state index contributed by atoms with van der Waals surface area (Å²) in [4.78, 5) is 3.10. The van der Waals surface area contributed by atoms with Crippen LogP contribution in [0.3, 0.4) is 0 Å². The highest BCUT2D eigenvalue weighted by Gasteiger charge is 2.08. The summed E-state index contributed by atoms with van der Waals surface area (Å²) in [5, 5.41) is 1.08. The third kappa shape index (κ3) is 1.04. The zero-order chi connectivity index (χ0) is 9.42. The lowest BCUT2D eigenvalue weighted by Crippen LogP contribution is -1.94. The number of aromatic nitrogens is 1. The van der Waals surface area contributed by atoms with Crippen molar-refractivity contribution in [2.75, 3.05) is 12.8 Å². The molecule has 0 atom stereocenters. The van der Waals surface area contributed by atoms with Crippen LogP contribution in [0.15, 0.2) is 18.3 Å². The van der Waals surface area contributed by atoms with Crippen molar-refractivity contribution in [1.82, 2.24) is 4.98 Å². The monoisotopic (exact) mass is 176 g/mol. The number of nitrogen functional groups attached to an aromatic ring is 1. The number of hydrogen-bond acceptors (Lipinski definition) is 2. The van der Waals surface area contributed by atoms with Crippen LogP contribution in [0.1, 0.15) is 5.56 Å². The van der Waals surface area contributed by atoms with Crippen molar-refractivity contribution in [2.24, 2.45) is 0 Å². The van der Waals surface area contributed by atoms with E-state index in [0.29, 0.717) is 0 Å². The van der Waals surface area contributed by atoms with Crippen LogP contribution in [0.4, 0.5) is 5.69 Å². The Labute approximate surface area is 76.5 Å². The Balaban J connectivity index is 2.87. The molecule has 0 aliphatic heterocycles. The second-order valence-electron chi connectivity index (χ2n) is 3.06. The molecule has 0 aliphatic rings. The summed E-state index contributed by atoms with van der Waals surface area (Å²) in [5.41, 5.74) is 8.59. The molecule has 3 N–H and O–H groups in total. The minimum atomic E-state index is 0.756. The minimum absolute atomic E-state index is 0.756. The molecule has 0 spiro atoms. The zero-order valence-electron chi connectivity index (χ0n) is 7.72. The fourth-order valence-corrected chi connectivity index (χ4v) is 1.56. The number of ether oxygens (including phenoxy) is 1. The Morgan fingerprint density at radius 2 is 2.23 bits per heavy atom. The molecule has 1 heterocycles. The standard InChI is InChI=1S/C10H12N2O/c1-6-8(11)5-9-7(3-4-12-9)10(6)13-2/h3-5,12H,11H2,1-2H3. The van der Waals surface area contributed by atoms with Gasteiger partial charge in [0.1, 0.15) is 5.75 Å². The van der Waals surface area contributed by atoms with E-state index in [9.17, 15) is 0 Å². The van der Waals surface area contributed by atoms with E-state index in [-0.39, 0.29) is 0 Å². The van der Waals surface area contributed by atoms with Crippen LogP contribution in [0.5, 0.6) is 5.75 Å². The molecule has 1 aromatic heterocycles. The minimum Gasteiger partial charge on any atom is -0.496 e. The van der Waals surface area contributed by atoms with Crippen LogP contribution in [0.25, 0.3) is 10.9 Å². The molecule has 2 rings (SSSR count). The third-order valence-corrected chi connectivity index (χ3v) is 2.30. The van der Waals surface area contributed by atoms with E-state index in [1.807, 2.05) is 25.3 Å². The Hall–Kier alpha value is -1.64. The molecule has 2 aromatic rings. The molecule has 0 fully saturated rings. The van der Waals surface area contributed by atoms with Crippen LogP contribution in [-0.4, -0.2) is 12.1 Å². The Morgan fingerprint density at radius 3 is 2.92 bits per heavy atom. The molecule has 0 unspecified atom stereocenters. The fraction of sp³-hybridized carbons (Fsp3) is 0.200. The van der Waals surface area contributed by atoms with Gasteiger partial charge in [-0.15, -0.1) is 0 Å². The van der Waals surface area contributed by atoms with Crippen LogP contribution in [0, 0.1) is 6.92 Å². The van der Waals surface area contributed by atoms with Gasteiger partial charge in [0, 0.05) is 22.8 Å². The van der Waals surface area contributed by atoms with Gasteiger partial charge >= 0.3 is 0 Å².